The van der Waals surface area contributed by atoms with Crippen molar-refractivity contribution in [2.24, 2.45) is 5.73 Å². The van der Waals surface area contributed by atoms with E-state index in [1.165, 1.54) is 18.2 Å². The Morgan fingerprint density at radius 3 is 2.17 bits per heavy atom. The van der Waals surface area contributed by atoms with Gasteiger partial charge in [0.25, 0.3) is 11.8 Å². The van der Waals surface area contributed by atoms with Gasteiger partial charge in [-0.1, -0.05) is 31.0 Å². The van der Waals surface area contributed by atoms with Crippen molar-refractivity contribution in [3.05, 3.63) is 101 Å². The van der Waals surface area contributed by atoms with E-state index < -0.39 is 29.3 Å². The monoisotopic (exact) mass is 481 g/mol. The molecule has 0 heterocycles. The highest BCUT2D eigenvalue weighted by atomic mass is 19.1. The molecule has 2 atom stereocenters. The lowest BCUT2D eigenvalue weighted by atomic mass is 9.89. The zero-order chi connectivity index (χ0) is 24.9. The lowest BCUT2D eigenvalue weighted by Gasteiger charge is -2.38. The summed E-state index contributed by atoms with van der Waals surface area (Å²) in [5, 5.41) is 2.71. The molecule has 1 aliphatic rings. The topological polar surface area (TPSA) is 75.4 Å². The van der Waals surface area contributed by atoms with E-state index in [9.17, 15) is 22.8 Å². The van der Waals surface area contributed by atoms with Crippen LogP contribution in [0.15, 0.2) is 66.7 Å². The van der Waals surface area contributed by atoms with E-state index in [0.29, 0.717) is 12.1 Å². The minimum Gasteiger partial charge on any atom is -0.330 e. The molecule has 0 spiro atoms. The van der Waals surface area contributed by atoms with Crippen LogP contribution in [0.3, 0.4) is 0 Å². The molecule has 8 heteroatoms. The Kier molecular flexibility index (Phi) is 7.51. The minimum absolute atomic E-state index is 0.0701. The summed E-state index contributed by atoms with van der Waals surface area (Å²) in [6, 6.07) is 14.5. The summed E-state index contributed by atoms with van der Waals surface area (Å²) in [4.78, 5) is 27.3. The Morgan fingerprint density at radius 2 is 1.51 bits per heavy atom. The zero-order valence-electron chi connectivity index (χ0n) is 19.0. The predicted octanol–water partition coefficient (Wildman–Crippen LogP) is 5.27. The Morgan fingerprint density at radius 1 is 0.857 bits per heavy atom. The van der Waals surface area contributed by atoms with Gasteiger partial charge in [0, 0.05) is 41.5 Å². The number of carbonyl (C=O) groups excluding carboxylic acids is 2. The highest BCUT2D eigenvalue weighted by Gasteiger charge is 2.32. The first-order valence-electron chi connectivity index (χ1n) is 11.5. The Hall–Kier alpha value is -3.65. The van der Waals surface area contributed by atoms with Crippen LogP contribution in [-0.2, 0) is 6.54 Å². The SMILES string of the molecule is NC1CCCCC1N(Cc1ccc(NC(=O)c2cccc(F)c2)cc1)C(=O)c1cc(F)cc(F)c1. The van der Waals surface area contributed by atoms with E-state index in [1.807, 2.05) is 0 Å². The van der Waals surface area contributed by atoms with Gasteiger partial charge in [-0.2, -0.15) is 0 Å². The van der Waals surface area contributed by atoms with Crippen molar-refractivity contribution in [2.45, 2.75) is 44.3 Å². The molecule has 0 aliphatic heterocycles. The van der Waals surface area contributed by atoms with Crippen LogP contribution in [0.25, 0.3) is 0 Å². The normalized spacial score (nSPS) is 17.6. The molecule has 0 bridgehead atoms. The first-order chi connectivity index (χ1) is 16.8. The number of carbonyl (C=O) groups is 2. The third-order valence-corrected chi connectivity index (χ3v) is 6.20. The molecular formula is C27H26F3N3O2. The van der Waals surface area contributed by atoms with Gasteiger partial charge in [-0.05, 0) is 60.9 Å². The summed E-state index contributed by atoms with van der Waals surface area (Å²) in [7, 11) is 0. The average Bonchev–Trinajstić information content (AvgIpc) is 2.83. The second-order valence-corrected chi connectivity index (χ2v) is 8.77. The van der Waals surface area contributed by atoms with Crippen molar-refractivity contribution >= 4 is 17.5 Å². The van der Waals surface area contributed by atoms with Crippen molar-refractivity contribution < 1.29 is 22.8 Å². The Labute approximate surface area is 201 Å². The number of nitrogens with one attached hydrogen (secondary N) is 1. The van der Waals surface area contributed by atoms with Gasteiger partial charge >= 0.3 is 0 Å². The van der Waals surface area contributed by atoms with E-state index in [4.69, 9.17) is 5.73 Å². The third kappa shape index (κ3) is 6.08. The first kappa shape index (κ1) is 24.5. The quantitative estimate of drug-likeness (QED) is 0.504. The smallest absolute Gasteiger partial charge is 0.255 e. The van der Waals surface area contributed by atoms with E-state index in [0.717, 1.165) is 49.1 Å². The van der Waals surface area contributed by atoms with E-state index in [-0.39, 0.29) is 29.8 Å². The number of benzene rings is 3. The van der Waals surface area contributed by atoms with Gasteiger partial charge in [-0.25, -0.2) is 13.2 Å². The van der Waals surface area contributed by atoms with Crippen LogP contribution in [0.4, 0.5) is 18.9 Å². The molecule has 0 aromatic heterocycles. The number of hydrogen-bond donors (Lipinski definition) is 2. The molecule has 1 saturated carbocycles. The molecule has 2 unspecified atom stereocenters. The summed E-state index contributed by atoms with van der Waals surface area (Å²) in [5.41, 5.74) is 7.72. The van der Waals surface area contributed by atoms with Crippen molar-refractivity contribution in [1.82, 2.24) is 4.90 Å². The fraction of sp³-hybridized carbons (Fsp3) is 0.259. The van der Waals surface area contributed by atoms with E-state index >= 15 is 0 Å². The zero-order valence-corrected chi connectivity index (χ0v) is 19.0. The Balaban J connectivity index is 1.53. The number of nitrogens with two attached hydrogens (primary N) is 1. The second-order valence-electron chi connectivity index (χ2n) is 8.77. The van der Waals surface area contributed by atoms with Crippen molar-refractivity contribution in [2.75, 3.05) is 5.32 Å². The maximum atomic E-state index is 13.8. The number of rotatable bonds is 6. The predicted molar refractivity (Wildman–Crippen MR) is 127 cm³/mol. The number of hydrogen-bond acceptors (Lipinski definition) is 3. The molecule has 0 radical (unpaired) electrons. The van der Waals surface area contributed by atoms with Gasteiger partial charge < -0.3 is 16.0 Å². The van der Waals surface area contributed by atoms with Crippen LogP contribution < -0.4 is 11.1 Å². The third-order valence-electron chi connectivity index (χ3n) is 6.20. The van der Waals surface area contributed by atoms with Crippen LogP contribution >= 0.6 is 0 Å². The average molecular weight is 482 g/mol. The largest absolute Gasteiger partial charge is 0.330 e. The Bertz CT molecular complexity index is 1200. The molecule has 35 heavy (non-hydrogen) atoms. The molecule has 3 aromatic rings. The maximum absolute atomic E-state index is 13.8. The highest BCUT2D eigenvalue weighted by molar-refractivity contribution is 6.04. The van der Waals surface area contributed by atoms with Crippen molar-refractivity contribution in [1.29, 1.82) is 0 Å². The minimum atomic E-state index is -0.820. The van der Waals surface area contributed by atoms with Crippen LogP contribution in [0.1, 0.15) is 52.0 Å². The van der Waals surface area contributed by atoms with Gasteiger partial charge in [0.1, 0.15) is 17.5 Å². The summed E-state index contributed by atoms with van der Waals surface area (Å²) < 4.78 is 41.0. The number of nitrogens with zero attached hydrogens (tertiary/aromatic N) is 1. The molecule has 1 aliphatic carbocycles. The van der Waals surface area contributed by atoms with E-state index in [2.05, 4.69) is 5.32 Å². The molecule has 3 aromatic carbocycles. The molecule has 3 N–H and O–H groups in total. The van der Waals surface area contributed by atoms with Crippen LogP contribution in [-0.4, -0.2) is 28.8 Å². The molecule has 4 rings (SSSR count). The highest BCUT2D eigenvalue weighted by Crippen LogP contribution is 2.26. The lowest BCUT2D eigenvalue weighted by molar-refractivity contribution is 0.0582. The van der Waals surface area contributed by atoms with Crippen molar-refractivity contribution in [3.63, 3.8) is 0 Å². The fourth-order valence-electron chi connectivity index (χ4n) is 4.43. The van der Waals surface area contributed by atoms with Gasteiger partial charge in [0.2, 0.25) is 0 Å². The number of halogens is 3. The lowest BCUT2D eigenvalue weighted by Crippen LogP contribution is -2.51. The van der Waals surface area contributed by atoms with Crippen LogP contribution in [0, 0.1) is 17.5 Å². The van der Waals surface area contributed by atoms with Gasteiger partial charge in [-0.3, -0.25) is 9.59 Å². The first-order valence-corrected chi connectivity index (χ1v) is 11.5. The van der Waals surface area contributed by atoms with Gasteiger partial charge in [0.05, 0.1) is 0 Å². The van der Waals surface area contributed by atoms with E-state index in [1.54, 1.807) is 29.2 Å². The molecule has 182 valence electrons. The number of anilines is 1. The van der Waals surface area contributed by atoms with Gasteiger partial charge in [0.15, 0.2) is 0 Å². The van der Waals surface area contributed by atoms with Crippen molar-refractivity contribution in [3.8, 4) is 0 Å². The van der Waals surface area contributed by atoms with Crippen LogP contribution in [0.2, 0.25) is 0 Å². The molecule has 5 nitrogen and oxygen atoms in total. The summed E-state index contributed by atoms with van der Waals surface area (Å²) in [6.45, 7) is 0.188. The molecule has 1 fully saturated rings. The standard InChI is InChI=1S/C27H26F3N3O2/c28-20-5-3-4-18(12-20)26(34)32-23-10-8-17(9-11-23)16-33(25-7-2-1-6-24(25)31)27(35)19-13-21(29)15-22(30)14-19/h3-5,8-15,24-25H,1-2,6-7,16,31H2,(H,32,34). The molecule has 0 saturated heterocycles. The summed E-state index contributed by atoms with van der Waals surface area (Å²) in [5.74, 6) is -3.08. The van der Waals surface area contributed by atoms with Crippen LogP contribution in [0.5, 0.6) is 0 Å². The molecule has 2 amide bonds. The van der Waals surface area contributed by atoms with Gasteiger partial charge in [-0.15, -0.1) is 0 Å². The molecular weight excluding hydrogens is 455 g/mol. The maximum Gasteiger partial charge on any atom is 0.255 e. The fourth-order valence-corrected chi connectivity index (χ4v) is 4.43. The number of amides is 2. The summed E-state index contributed by atoms with van der Waals surface area (Å²) >= 11 is 0. The second kappa shape index (κ2) is 10.7. The summed E-state index contributed by atoms with van der Waals surface area (Å²) in [6.07, 6.45) is 3.34.